The molecule has 0 aromatic carbocycles. The first-order valence-corrected chi connectivity index (χ1v) is 8.45. The van der Waals surface area contributed by atoms with Crippen molar-refractivity contribution >= 4 is 0 Å². The van der Waals surface area contributed by atoms with Crippen LogP contribution in [-0.4, -0.2) is 25.3 Å². The molecule has 0 aliphatic heterocycles. The second-order valence-electron chi connectivity index (χ2n) is 6.58. The third-order valence-corrected chi connectivity index (χ3v) is 4.99. The van der Waals surface area contributed by atoms with Crippen LogP contribution in [0.2, 0.25) is 0 Å². The molecular formula is C17H35NO. The van der Waals surface area contributed by atoms with E-state index in [0.717, 1.165) is 19.1 Å². The third-order valence-electron chi connectivity index (χ3n) is 4.99. The number of rotatable bonds is 10. The van der Waals surface area contributed by atoms with Gasteiger partial charge >= 0.3 is 0 Å². The highest BCUT2D eigenvalue weighted by Gasteiger charge is 2.52. The van der Waals surface area contributed by atoms with E-state index in [1.807, 2.05) is 0 Å². The van der Waals surface area contributed by atoms with Crippen LogP contribution in [-0.2, 0) is 4.74 Å². The van der Waals surface area contributed by atoms with E-state index in [1.54, 1.807) is 0 Å². The molecule has 0 bridgehead atoms. The largest absolute Gasteiger partial charge is 0.378 e. The van der Waals surface area contributed by atoms with Gasteiger partial charge in [-0.05, 0) is 51.0 Å². The van der Waals surface area contributed by atoms with E-state index < -0.39 is 0 Å². The summed E-state index contributed by atoms with van der Waals surface area (Å²) in [5, 5.41) is 3.72. The number of hydrogen-bond acceptors (Lipinski definition) is 2. The summed E-state index contributed by atoms with van der Waals surface area (Å²) < 4.78 is 6.20. The first kappa shape index (κ1) is 17.0. The van der Waals surface area contributed by atoms with Crippen LogP contribution < -0.4 is 5.32 Å². The molecule has 2 unspecified atom stereocenters. The van der Waals surface area contributed by atoms with Crippen molar-refractivity contribution in [1.82, 2.24) is 5.32 Å². The first-order valence-electron chi connectivity index (χ1n) is 8.45. The lowest BCUT2D eigenvalue weighted by molar-refractivity contribution is -0.141. The molecule has 0 spiro atoms. The van der Waals surface area contributed by atoms with Crippen LogP contribution >= 0.6 is 0 Å². The van der Waals surface area contributed by atoms with Gasteiger partial charge in [-0.15, -0.1) is 0 Å². The van der Waals surface area contributed by atoms with Gasteiger partial charge in [0.1, 0.15) is 0 Å². The quantitative estimate of drug-likeness (QED) is 0.594. The molecule has 114 valence electrons. The maximum Gasteiger partial charge on any atom is 0.0661 e. The number of nitrogens with one attached hydrogen (secondary N) is 1. The molecule has 2 heteroatoms. The maximum atomic E-state index is 6.20. The molecular weight excluding hydrogens is 234 g/mol. The van der Waals surface area contributed by atoms with Gasteiger partial charge < -0.3 is 10.1 Å². The Morgan fingerprint density at radius 3 is 2.42 bits per heavy atom. The number of ether oxygens (including phenoxy) is 1. The lowest BCUT2D eigenvalue weighted by Gasteiger charge is -2.55. The highest BCUT2D eigenvalue weighted by atomic mass is 16.5. The number of hydrogen-bond donors (Lipinski definition) is 1. The SMILES string of the molecule is CCCNC1CC(OCCCC(C)C)C1(CC)CC. The van der Waals surface area contributed by atoms with Crippen molar-refractivity contribution in [1.29, 1.82) is 0 Å². The Bertz CT molecular complexity index is 235. The molecule has 0 aromatic rings. The van der Waals surface area contributed by atoms with Crippen molar-refractivity contribution in [3.05, 3.63) is 0 Å². The van der Waals surface area contributed by atoms with E-state index in [9.17, 15) is 0 Å². The minimum Gasteiger partial charge on any atom is -0.378 e. The van der Waals surface area contributed by atoms with Crippen molar-refractivity contribution in [2.75, 3.05) is 13.2 Å². The highest BCUT2D eigenvalue weighted by Crippen LogP contribution is 2.48. The molecule has 0 aromatic heterocycles. The molecule has 1 aliphatic carbocycles. The summed E-state index contributed by atoms with van der Waals surface area (Å²) >= 11 is 0. The van der Waals surface area contributed by atoms with Gasteiger partial charge in [-0.25, -0.2) is 0 Å². The maximum absolute atomic E-state index is 6.20. The normalized spacial score (nSPS) is 25.6. The molecule has 2 nitrogen and oxygen atoms in total. The summed E-state index contributed by atoms with van der Waals surface area (Å²) in [5.74, 6) is 0.797. The van der Waals surface area contributed by atoms with Gasteiger partial charge in [0.15, 0.2) is 0 Å². The zero-order valence-corrected chi connectivity index (χ0v) is 13.8. The Kier molecular flexibility index (Phi) is 7.38. The summed E-state index contributed by atoms with van der Waals surface area (Å²) in [6.45, 7) is 13.6. The summed E-state index contributed by atoms with van der Waals surface area (Å²) in [5.41, 5.74) is 0.396. The molecule has 0 heterocycles. The summed E-state index contributed by atoms with van der Waals surface area (Å²) in [6, 6.07) is 0.678. The van der Waals surface area contributed by atoms with E-state index in [1.165, 1.54) is 38.5 Å². The Hall–Kier alpha value is -0.0800. The highest BCUT2D eigenvalue weighted by molar-refractivity contribution is 5.06. The molecule has 1 fully saturated rings. The Labute approximate surface area is 120 Å². The van der Waals surface area contributed by atoms with Gasteiger partial charge in [0, 0.05) is 18.1 Å². The average Bonchev–Trinajstić information content (AvgIpc) is 2.37. The van der Waals surface area contributed by atoms with Crippen LogP contribution in [0.5, 0.6) is 0 Å². The minimum absolute atomic E-state index is 0.396. The summed E-state index contributed by atoms with van der Waals surface area (Å²) in [6.07, 6.45) is 7.90. The Balaban J connectivity index is 2.37. The average molecular weight is 269 g/mol. The Morgan fingerprint density at radius 2 is 1.89 bits per heavy atom. The van der Waals surface area contributed by atoms with E-state index in [-0.39, 0.29) is 0 Å². The van der Waals surface area contributed by atoms with Crippen LogP contribution in [0.1, 0.15) is 73.1 Å². The van der Waals surface area contributed by atoms with E-state index in [4.69, 9.17) is 4.74 Å². The van der Waals surface area contributed by atoms with Crippen LogP contribution in [0.15, 0.2) is 0 Å². The van der Waals surface area contributed by atoms with Crippen molar-refractivity contribution in [3.63, 3.8) is 0 Å². The molecule has 0 amide bonds. The zero-order chi connectivity index (χ0) is 14.3. The molecule has 1 rings (SSSR count). The van der Waals surface area contributed by atoms with Gasteiger partial charge in [0.25, 0.3) is 0 Å². The van der Waals surface area contributed by atoms with Crippen molar-refractivity contribution in [2.45, 2.75) is 85.3 Å². The molecule has 2 atom stereocenters. The fraction of sp³-hybridized carbons (Fsp3) is 1.00. The monoisotopic (exact) mass is 269 g/mol. The third kappa shape index (κ3) is 4.19. The molecule has 19 heavy (non-hydrogen) atoms. The van der Waals surface area contributed by atoms with Crippen LogP contribution in [0.4, 0.5) is 0 Å². The molecule has 0 saturated heterocycles. The second kappa shape index (κ2) is 8.26. The molecule has 1 N–H and O–H groups in total. The van der Waals surface area contributed by atoms with Crippen LogP contribution in [0.25, 0.3) is 0 Å². The minimum atomic E-state index is 0.396. The lowest BCUT2D eigenvalue weighted by Crippen LogP contribution is -2.63. The standard InChI is InChI=1S/C17H35NO/c1-6-11-18-15-13-16(17(15,7-2)8-3)19-12-9-10-14(4)5/h14-16,18H,6-13H2,1-5H3. The summed E-state index contributed by atoms with van der Waals surface area (Å²) in [4.78, 5) is 0. The predicted octanol–water partition coefficient (Wildman–Crippen LogP) is 4.39. The molecule has 1 saturated carbocycles. The summed E-state index contributed by atoms with van der Waals surface area (Å²) in [7, 11) is 0. The van der Waals surface area contributed by atoms with Gasteiger partial charge in [-0.2, -0.15) is 0 Å². The van der Waals surface area contributed by atoms with E-state index >= 15 is 0 Å². The van der Waals surface area contributed by atoms with Gasteiger partial charge in [-0.1, -0.05) is 34.6 Å². The predicted molar refractivity (Wildman–Crippen MR) is 83.5 cm³/mol. The smallest absolute Gasteiger partial charge is 0.0661 e. The second-order valence-corrected chi connectivity index (χ2v) is 6.58. The van der Waals surface area contributed by atoms with E-state index in [0.29, 0.717) is 17.6 Å². The van der Waals surface area contributed by atoms with Crippen molar-refractivity contribution in [2.24, 2.45) is 11.3 Å². The lowest BCUT2D eigenvalue weighted by atomic mass is 9.58. The molecule has 1 aliphatic rings. The van der Waals surface area contributed by atoms with Crippen LogP contribution in [0.3, 0.4) is 0 Å². The Morgan fingerprint density at radius 1 is 1.21 bits per heavy atom. The van der Waals surface area contributed by atoms with Gasteiger partial charge in [-0.3, -0.25) is 0 Å². The van der Waals surface area contributed by atoms with Crippen LogP contribution in [0, 0.1) is 11.3 Å². The van der Waals surface area contributed by atoms with Gasteiger partial charge in [0.05, 0.1) is 6.10 Å². The zero-order valence-electron chi connectivity index (χ0n) is 13.8. The van der Waals surface area contributed by atoms with Gasteiger partial charge in [0.2, 0.25) is 0 Å². The topological polar surface area (TPSA) is 21.3 Å². The fourth-order valence-corrected chi connectivity index (χ4v) is 3.50. The molecule has 0 radical (unpaired) electrons. The van der Waals surface area contributed by atoms with Crippen molar-refractivity contribution in [3.8, 4) is 0 Å². The first-order chi connectivity index (χ1) is 9.10. The van der Waals surface area contributed by atoms with E-state index in [2.05, 4.69) is 39.9 Å². The van der Waals surface area contributed by atoms with Crippen molar-refractivity contribution < 1.29 is 4.74 Å². The fourth-order valence-electron chi connectivity index (χ4n) is 3.50.